The first kappa shape index (κ1) is 24.2. The van der Waals surface area contributed by atoms with Crippen molar-refractivity contribution >= 4 is 5.97 Å². The number of carbonyl (C=O) groups excluding carboxylic acids is 1. The Bertz CT molecular complexity index is 697. The summed E-state index contributed by atoms with van der Waals surface area (Å²) >= 11 is 0. The normalized spacial score (nSPS) is 19.9. The number of rotatable bonds is 8. The molecule has 156 valence electrons. The Labute approximate surface area is 171 Å². The molecule has 28 heavy (non-hydrogen) atoms. The van der Waals surface area contributed by atoms with Crippen molar-refractivity contribution in [3.8, 4) is 0 Å². The number of carbonyl (C=O) groups is 1. The van der Waals surface area contributed by atoms with Gasteiger partial charge in [-0.15, -0.1) is 0 Å². The number of hydrogen-bond acceptors (Lipinski definition) is 3. The second-order valence-corrected chi connectivity index (χ2v) is 8.50. The molecule has 1 aliphatic carbocycles. The van der Waals surface area contributed by atoms with E-state index in [9.17, 15) is 9.90 Å². The highest BCUT2D eigenvalue weighted by Crippen LogP contribution is 2.40. The van der Waals surface area contributed by atoms with Gasteiger partial charge in [0.1, 0.15) is 6.61 Å². The van der Waals surface area contributed by atoms with E-state index in [2.05, 4.69) is 45.9 Å². The lowest BCUT2D eigenvalue weighted by Crippen LogP contribution is -2.19. The molecule has 0 saturated heterocycles. The molecule has 0 fully saturated rings. The van der Waals surface area contributed by atoms with E-state index in [1.165, 1.54) is 36.0 Å². The van der Waals surface area contributed by atoms with E-state index in [0.717, 1.165) is 5.57 Å². The van der Waals surface area contributed by atoms with Crippen molar-refractivity contribution in [1.29, 1.82) is 0 Å². The van der Waals surface area contributed by atoms with E-state index in [1.807, 2.05) is 26.0 Å². The van der Waals surface area contributed by atoms with E-state index >= 15 is 0 Å². The fourth-order valence-corrected chi connectivity index (χ4v) is 3.59. The summed E-state index contributed by atoms with van der Waals surface area (Å²) in [5.41, 5.74) is 5.90. The zero-order valence-corrected chi connectivity index (χ0v) is 18.8. The van der Waals surface area contributed by atoms with Crippen molar-refractivity contribution in [1.82, 2.24) is 0 Å². The number of aliphatic hydroxyl groups is 1. The lowest BCUT2D eigenvalue weighted by molar-refractivity contribution is -0.141. The molecule has 0 aromatic heterocycles. The van der Waals surface area contributed by atoms with Crippen molar-refractivity contribution in [3.05, 3.63) is 58.2 Å². The number of esters is 1. The number of ether oxygens (including phenoxy) is 1. The van der Waals surface area contributed by atoms with E-state index in [0.29, 0.717) is 12.0 Å². The average Bonchev–Trinajstić information content (AvgIpc) is 2.59. The summed E-state index contributed by atoms with van der Waals surface area (Å²) in [4.78, 5) is 12.1. The monoisotopic (exact) mass is 386 g/mol. The van der Waals surface area contributed by atoms with E-state index in [-0.39, 0.29) is 18.0 Å². The molecule has 1 N–H and O–H groups in total. The maximum atomic E-state index is 12.1. The SMILES string of the molecule is CCC(C(=O)OCC(C)O)=C(C)C=CC=C(C)C=CC1=C(C)CCCC1(C)C. The highest BCUT2D eigenvalue weighted by atomic mass is 16.5. The van der Waals surface area contributed by atoms with Crippen molar-refractivity contribution in [2.24, 2.45) is 5.41 Å². The van der Waals surface area contributed by atoms with Crippen LogP contribution in [0.4, 0.5) is 0 Å². The molecule has 0 aromatic carbocycles. The summed E-state index contributed by atoms with van der Waals surface area (Å²) < 4.78 is 5.13. The summed E-state index contributed by atoms with van der Waals surface area (Å²) in [5, 5.41) is 9.27. The van der Waals surface area contributed by atoms with Gasteiger partial charge in [-0.2, -0.15) is 0 Å². The third kappa shape index (κ3) is 7.63. The fourth-order valence-electron chi connectivity index (χ4n) is 3.59. The molecule has 0 heterocycles. The van der Waals surface area contributed by atoms with Crippen LogP contribution in [-0.2, 0) is 9.53 Å². The zero-order valence-electron chi connectivity index (χ0n) is 18.8. The van der Waals surface area contributed by atoms with Crippen molar-refractivity contribution in [2.75, 3.05) is 6.61 Å². The zero-order chi connectivity index (χ0) is 21.3. The first-order chi connectivity index (χ1) is 13.1. The maximum absolute atomic E-state index is 12.1. The molecule has 0 bridgehead atoms. The van der Waals surface area contributed by atoms with Gasteiger partial charge < -0.3 is 9.84 Å². The average molecular weight is 387 g/mol. The van der Waals surface area contributed by atoms with Crippen LogP contribution in [-0.4, -0.2) is 23.8 Å². The highest BCUT2D eigenvalue weighted by Gasteiger charge is 2.26. The van der Waals surface area contributed by atoms with Gasteiger partial charge in [-0.05, 0) is 69.9 Å². The van der Waals surface area contributed by atoms with Gasteiger partial charge in [0.2, 0.25) is 0 Å². The van der Waals surface area contributed by atoms with E-state index in [1.54, 1.807) is 6.92 Å². The minimum absolute atomic E-state index is 0.0226. The van der Waals surface area contributed by atoms with Gasteiger partial charge in [0.15, 0.2) is 0 Å². The van der Waals surface area contributed by atoms with Crippen molar-refractivity contribution in [2.45, 2.75) is 80.3 Å². The third-order valence-corrected chi connectivity index (χ3v) is 5.29. The Morgan fingerprint density at radius 2 is 1.96 bits per heavy atom. The predicted octanol–water partition coefficient (Wildman–Crippen LogP) is 6.22. The first-order valence-corrected chi connectivity index (χ1v) is 10.4. The van der Waals surface area contributed by atoms with Crippen LogP contribution in [0, 0.1) is 5.41 Å². The van der Waals surface area contributed by atoms with Crippen LogP contribution in [0.1, 0.15) is 74.1 Å². The Hall–Kier alpha value is -1.87. The minimum atomic E-state index is -0.650. The molecule has 0 spiro atoms. The highest BCUT2D eigenvalue weighted by molar-refractivity contribution is 5.89. The molecule has 1 rings (SSSR count). The van der Waals surface area contributed by atoms with Gasteiger partial charge in [-0.3, -0.25) is 0 Å². The topological polar surface area (TPSA) is 46.5 Å². The Kier molecular flexibility index (Phi) is 9.68. The van der Waals surface area contributed by atoms with Crippen LogP contribution >= 0.6 is 0 Å². The van der Waals surface area contributed by atoms with Crippen LogP contribution in [0.5, 0.6) is 0 Å². The standard InChI is InChI=1S/C25H38O3/c1-8-22(24(27)28-17-21(5)26)19(3)12-9-11-18(2)14-15-23-20(4)13-10-16-25(23,6)7/h9,11-12,14-15,21,26H,8,10,13,16-17H2,1-7H3. The molecule has 3 heteroatoms. The summed E-state index contributed by atoms with van der Waals surface area (Å²) in [5.74, 6) is -0.354. The van der Waals surface area contributed by atoms with E-state index < -0.39 is 6.10 Å². The molecule has 1 aliphatic rings. The van der Waals surface area contributed by atoms with Gasteiger partial charge in [-0.25, -0.2) is 4.79 Å². The Balaban J connectivity index is 2.85. The van der Waals surface area contributed by atoms with Crippen LogP contribution in [0.3, 0.4) is 0 Å². The third-order valence-electron chi connectivity index (χ3n) is 5.29. The number of aliphatic hydroxyl groups excluding tert-OH is 1. The van der Waals surface area contributed by atoms with Crippen LogP contribution in [0.2, 0.25) is 0 Å². The molecule has 0 radical (unpaired) electrons. The van der Waals surface area contributed by atoms with Gasteiger partial charge in [-0.1, -0.05) is 62.3 Å². The van der Waals surface area contributed by atoms with Gasteiger partial charge in [0, 0.05) is 5.57 Å². The maximum Gasteiger partial charge on any atom is 0.334 e. The Morgan fingerprint density at radius 3 is 2.54 bits per heavy atom. The van der Waals surface area contributed by atoms with Crippen molar-refractivity contribution in [3.63, 3.8) is 0 Å². The molecule has 1 atom stereocenters. The number of hydrogen-bond donors (Lipinski definition) is 1. The second-order valence-electron chi connectivity index (χ2n) is 8.50. The molecule has 0 aromatic rings. The van der Waals surface area contributed by atoms with Crippen molar-refractivity contribution < 1.29 is 14.6 Å². The fraction of sp³-hybridized carbons (Fsp3) is 0.560. The van der Waals surface area contributed by atoms with Crippen LogP contribution in [0.25, 0.3) is 0 Å². The summed E-state index contributed by atoms with van der Waals surface area (Å²) in [6, 6.07) is 0. The summed E-state index contributed by atoms with van der Waals surface area (Å²) in [6.07, 6.45) is 14.1. The lowest BCUT2D eigenvalue weighted by atomic mass is 9.72. The largest absolute Gasteiger partial charge is 0.460 e. The number of allylic oxidation sites excluding steroid dienone is 9. The molecule has 0 amide bonds. The molecule has 3 nitrogen and oxygen atoms in total. The molecular formula is C25H38O3. The molecule has 0 aliphatic heterocycles. The quantitative estimate of drug-likeness (QED) is 0.306. The smallest absolute Gasteiger partial charge is 0.334 e. The minimum Gasteiger partial charge on any atom is -0.460 e. The van der Waals surface area contributed by atoms with Gasteiger partial charge in [0.05, 0.1) is 6.10 Å². The lowest BCUT2D eigenvalue weighted by Gasteiger charge is -2.32. The summed E-state index contributed by atoms with van der Waals surface area (Å²) in [6.45, 7) is 14.5. The Morgan fingerprint density at radius 1 is 1.29 bits per heavy atom. The molecular weight excluding hydrogens is 348 g/mol. The summed E-state index contributed by atoms with van der Waals surface area (Å²) in [7, 11) is 0. The molecule has 0 saturated carbocycles. The van der Waals surface area contributed by atoms with Gasteiger partial charge >= 0.3 is 5.97 Å². The van der Waals surface area contributed by atoms with Crippen LogP contribution in [0.15, 0.2) is 58.2 Å². The van der Waals surface area contributed by atoms with E-state index in [4.69, 9.17) is 4.74 Å². The second kappa shape index (κ2) is 11.2. The molecule has 1 unspecified atom stereocenters. The van der Waals surface area contributed by atoms with Crippen LogP contribution < -0.4 is 0 Å². The predicted molar refractivity (Wildman–Crippen MR) is 118 cm³/mol. The first-order valence-electron chi connectivity index (χ1n) is 10.4. The van der Waals surface area contributed by atoms with Gasteiger partial charge in [0.25, 0.3) is 0 Å².